The largest absolute Gasteiger partial charge is 0.350 e. The van der Waals surface area contributed by atoms with Crippen molar-refractivity contribution in [2.45, 2.75) is 20.8 Å². The summed E-state index contributed by atoms with van der Waals surface area (Å²) >= 11 is 6.03. The number of aryl methyl sites for hydroxylation is 3. The van der Waals surface area contributed by atoms with Gasteiger partial charge in [0.1, 0.15) is 5.52 Å². The number of benzene rings is 2. The van der Waals surface area contributed by atoms with Crippen LogP contribution in [0.4, 0.5) is 16.3 Å². The first kappa shape index (κ1) is 22.2. The van der Waals surface area contributed by atoms with Crippen molar-refractivity contribution in [3.05, 3.63) is 70.5 Å². The van der Waals surface area contributed by atoms with E-state index in [1.54, 1.807) is 17.0 Å². The molecule has 0 bridgehead atoms. The third-order valence-corrected chi connectivity index (χ3v) is 6.44. The van der Waals surface area contributed by atoms with E-state index < -0.39 is 0 Å². The molecule has 1 N–H and O–H groups in total. The number of rotatable bonds is 3. The van der Waals surface area contributed by atoms with Gasteiger partial charge in [-0.3, -0.25) is 0 Å². The molecule has 0 saturated carbocycles. The number of anilines is 2. The average Bonchev–Trinajstić information content (AvgIpc) is 3.18. The van der Waals surface area contributed by atoms with Crippen molar-refractivity contribution in [3.63, 3.8) is 0 Å². The Hall–Kier alpha value is -3.65. The van der Waals surface area contributed by atoms with Crippen molar-refractivity contribution >= 4 is 40.0 Å². The van der Waals surface area contributed by atoms with Crippen molar-refractivity contribution in [3.8, 4) is 5.69 Å². The molecule has 2 amide bonds. The minimum absolute atomic E-state index is 0.137. The Balaban J connectivity index is 1.37. The fourth-order valence-electron chi connectivity index (χ4n) is 4.35. The van der Waals surface area contributed by atoms with Crippen molar-refractivity contribution < 1.29 is 4.79 Å². The number of carbonyl (C=O) groups is 1. The van der Waals surface area contributed by atoms with Crippen LogP contribution in [0.5, 0.6) is 0 Å². The van der Waals surface area contributed by atoms with Gasteiger partial charge in [0.15, 0.2) is 5.82 Å². The van der Waals surface area contributed by atoms with Crippen molar-refractivity contribution in [2.75, 3.05) is 36.4 Å². The molecule has 1 aliphatic heterocycles. The van der Waals surface area contributed by atoms with Crippen molar-refractivity contribution in [1.82, 2.24) is 24.9 Å². The molecule has 8 nitrogen and oxygen atoms in total. The second-order valence-corrected chi connectivity index (χ2v) is 9.02. The predicted octanol–water partition coefficient (Wildman–Crippen LogP) is 4.75. The van der Waals surface area contributed by atoms with Crippen molar-refractivity contribution in [2.24, 2.45) is 0 Å². The zero-order valence-corrected chi connectivity index (χ0v) is 20.2. The molecule has 1 aliphatic rings. The lowest BCUT2D eigenvalue weighted by atomic mass is 10.2. The van der Waals surface area contributed by atoms with Gasteiger partial charge in [-0.1, -0.05) is 35.4 Å². The van der Waals surface area contributed by atoms with Gasteiger partial charge in [-0.25, -0.2) is 9.48 Å². The average molecular weight is 476 g/mol. The van der Waals surface area contributed by atoms with Gasteiger partial charge >= 0.3 is 6.03 Å². The van der Waals surface area contributed by atoms with E-state index >= 15 is 0 Å². The number of nitrogens with one attached hydrogen (secondary N) is 1. The summed E-state index contributed by atoms with van der Waals surface area (Å²) in [6, 6.07) is 15.3. The number of amides is 2. The van der Waals surface area contributed by atoms with Crippen LogP contribution in [0.2, 0.25) is 5.02 Å². The maximum Gasteiger partial charge on any atom is 0.321 e. The SMILES string of the molecule is Cc1ccc(-n2nc3c(N4CCN(C(=O)Nc5cccc(Cl)c5)CC4)nnc(C)c3c2C)cc1. The number of piperazine rings is 1. The summed E-state index contributed by atoms with van der Waals surface area (Å²) < 4.78 is 1.96. The molecule has 0 unspecified atom stereocenters. The summed E-state index contributed by atoms with van der Waals surface area (Å²) in [5.74, 6) is 0.754. The number of hydrogen-bond donors (Lipinski definition) is 1. The van der Waals surface area contributed by atoms with Gasteiger partial charge in [0, 0.05) is 36.9 Å². The molecule has 0 radical (unpaired) electrons. The summed E-state index contributed by atoms with van der Waals surface area (Å²) in [4.78, 5) is 16.7. The van der Waals surface area contributed by atoms with Crippen LogP contribution in [0.25, 0.3) is 16.6 Å². The first-order valence-corrected chi connectivity index (χ1v) is 11.6. The molecule has 5 rings (SSSR count). The minimum atomic E-state index is -0.137. The maximum absolute atomic E-state index is 12.7. The lowest BCUT2D eigenvalue weighted by Gasteiger charge is -2.35. The Labute approximate surface area is 203 Å². The third kappa shape index (κ3) is 4.17. The number of aromatic nitrogens is 4. The topological polar surface area (TPSA) is 79.2 Å². The number of carbonyl (C=O) groups excluding carboxylic acids is 1. The Morgan fingerprint density at radius 1 is 0.971 bits per heavy atom. The number of fused-ring (bicyclic) bond motifs is 1. The highest BCUT2D eigenvalue weighted by Crippen LogP contribution is 2.30. The monoisotopic (exact) mass is 475 g/mol. The summed E-state index contributed by atoms with van der Waals surface area (Å²) in [5.41, 5.74) is 5.62. The van der Waals surface area contributed by atoms with Gasteiger partial charge in [0.2, 0.25) is 0 Å². The van der Waals surface area contributed by atoms with Gasteiger partial charge < -0.3 is 15.1 Å². The summed E-state index contributed by atoms with van der Waals surface area (Å²) in [5, 5.41) is 18.4. The fourth-order valence-corrected chi connectivity index (χ4v) is 4.54. The Bertz CT molecular complexity index is 1360. The lowest BCUT2D eigenvalue weighted by Crippen LogP contribution is -2.50. The van der Waals surface area contributed by atoms with E-state index in [4.69, 9.17) is 16.7 Å². The quantitative estimate of drug-likeness (QED) is 0.462. The molecule has 3 heterocycles. The van der Waals surface area contributed by atoms with E-state index in [9.17, 15) is 4.79 Å². The highest BCUT2D eigenvalue weighted by atomic mass is 35.5. The normalized spacial score (nSPS) is 14.0. The smallest absolute Gasteiger partial charge is 0.321 e. The van der Waals surface area contributed by atoms with Crippen molar-refractivity contribution in [1.29, 1.82) is 0 Å². The van der Waals surface area contributed by atoms with Gasteiger partial charge in [-0.2, -0.15) is 10.2 Å². The van der Waals surface area contributed by atoms with E-state index in [0.717, 1.165) is 33.8 Å². The van der Waals surface area contributed by atoms with E-state index in [2.05, 4.69) is 58.5 Å². The molecule has 0 spiro atoms. The molecule has 1 fully saturated rings. The molecule has 4 aromatic rings. The molecule has 2 aromatic heterocycles. The molecular weight excluding hydrogens is 450 g/mol. The second kappa shape index (κ2) is 8.95. The first-order chi connectivity index (χ1) is 16.4. The first-order valence-electron chi connectivity index (χ1n) is 11.3. The standard InChI is InChI=1S/C25H26ClN7O/c1-16-7-9-21(10-8-16)33-18(3)22-17(2)28-29-24(23(22)30-33)31-11-13-32(14-12-31)25(34)27-20-6-4-5-19(26)15-20/h4-10,15H,11-14H2,1-3H3,(H,27,34). The minimum Gasteiger partial charge on any atom is -0.350 e. The van der Waals surface area contributed by atoms with Crippen LogP contribution >= 0.6 is 11.6 Å². The number of urea groups is 1. The van der Waals surface area contributed by atoms with Crippen LogP contribution in [0.15, 0.2) is 48.5 Å². The van der Waals surface area contributed by atoms with Crippen LogP contribution in [0, 0.1) is 20.8 Å². The van der Waals surface area contributed by atoms with Crippen LogP contribution in [0.3, 0.4) is 0 Å². The molecule has 1 saturated heterocycles. The van der Waals surface area contributed by atoms with Gasteiger partial charge in [-0.05, 0) is 51.1 Å². The lowest BCUT2D eigenvalue weighted by molar-refractivity contribution is 0.208. The number of hydrogen-bond acceptors (Lipinski definition) is 5. The molecule has 34 heavy (non-hydrogen) atoms. The third-order valence-electron chi connectivity index (χ3n) is 6.21. The highest BCUT2D eigenvalue weighted by Gasteiger charge is 2.26. The molecular formula is C25H26ClN7O. The molecule has 9 heteroatoms. The van der Waals surface area contributed by atoms with Crippen LogP contribution < -0.4 is 10.2 Å². The van der Waals surface area contributed by atoms with Gasteiger partial charge in [-0.15, -0.1) is 5.10 Å². The molecule has 174 valence electrons. The highest BCUT2D eigenvalue weighted by molar-refractivity contribution is 6.30. The van der Waals surface area contributed by atoms with E-state index in [-0.39, 0.29) is 6.03 Å². The Morgan fingerprint density at radius 3 is 2.41 bits per heavy atom. The second-order valence-electron chi connectivity index (χ2n) is 8.58. The number of nitrogens with zero attached hydrogens (tertiary/aromatic N) is 6. The number of halogens is 1. The molecule has 2 aromatic carbocycles. The fraction of sp³-hybridized carbons (Fsp3) is 0.280. The zero-order valence-electron chi connectivity index (χ0n) is 19.4. The zero-order chi connectivity index (χ0) is 23.8. The summed E-state index contributed by atoms with van der Waals surface area (Å²) in [6.07, 6.45) is 0. The van der Waals surface area contributed by atoms with Crippen LogP contribution in [0.1, 0.15) is 17.0 Å². The predicted molar refractivity (Wildman–Crippen MR) is 135 cm³/mol. The van der Waals surface area contributed by atoms with Crippen LogP contribution in [-0.2, 0) is 0 Å². The van der Waals surface area contributed by atoms with Crippen LogP contribution in [-0.4, -0.2) is 57.1 Å². The molecule has 0 atom stereocenters. The summed E-state index contributed by atoms with van der Waals surface area (Å²) in [7, 11) is 0. The van der Waals surface area contributed by atoms with E-state index in [1.165, 1.54) is 5.56 Å². The van der Waals surface area contributed by atoms with E-state index in [1.807, 2.05) is 23.7 Å². The Kier molecular flexibility index (Phi) is 5.83. The van der Waals surface area contributed by atoms with E-state index in [0.29, 0.717) is 36.9 Å². The maximum atomic E-state index is 12.7. The molecule has 0 aliphatic carbocycles. The Morgan fingerprint density at radius 2 is 1.71 bits per heavy atom. The van der Waals surface area contributed by atoms with Gasteiger partial charge in [0.25, 0.3) is 0 Å². The summed E-state index contributed by atoms with van der Waals surface area (Å²) in [6.45, 7) is 8.53. The van der Waals surface area contributed by atoms with Gasteiger partial charge in [0.05, 0.1) is 22.5 Å².